The van der Waals surface area contributed by atoms with Crippen molar-refractivity contribution in [1.82, 2.24) is 19.5 Å². The number of nitrogens with two attached hydrogens (primary N) is 1. The third kappa shape index (κ3) is 2.23. The molecule has 8 nitrogen and oxygen atoms in total. The molecule has 4 N–H and O–H groups in total. The Balaban J connectivity index is 2.01. The third-order valence-electron chi connectivity index (χ3n) is 3.93. The number of nitrogen functional groups attached to an aromatic ring is 1. The molecule has 2 heterocycles. The van der Waals surface area contributed by atoms with Gasteiger partial charge in [-0.25, -0.2) is 4.98 Å². The summed E-state index contributed by atoms with van der Waals surface area (Å²) in [7, 11) is 1.53. The Hall–Kier alpha value is -1.84. The molecule has 0 radical (unpaired) electrons. The van der Waals surface area contributed by atoms with Crippen LogP contribution in [-0.4, -0.2) is 55.7 Å². The first-order valence-corrected chi connectivity index (χ1v) is 6.53. The molecule has 2 aromatic rings. The van der Waals surface area contributed by atoms with E-state index in [0.29, 0.717) is 13.0 Å². The fraction of sp³-hybridized carbons (Fsp3) is 0.583. The predicted octanol–water partition coefficient (Wildman–Crippen LogP) is -0.523. The molecule has 3 rings (SSSR count). The Kier molecular flexibility index (Phi) is 3.47. The van der Waals surface area contributed by atoms with E-state index in [1.165, 1.54) is 18.0 Å². The number of hydrogen-bond donors (Lipinski definition) is 3. The second kappa shape index (κ2) is 5.17. The van der Waals surface area contributed by atoms with Crippen molar-refractivity contribution in [2.45, 2.75) is 24.7 Å². The van der Waals surface area contributed by atoms with Gasteiger partial charge in [-0.1, -0.05) is 0 Å². The van der Waals surface area contributed by atoms with E-state index >= 15 is 0 Å². The molecule has 114 valence electrons. The highest BCUT2D eigenvalue weighted by molar-refractivity contribution is 5.81. The summed E-state index contributed by atoms with van der Waals surface area (Å²) < 4.78 is 19.9. The SMILES string of the molecule is COC[C@H]1C[C@@H](n2cnc3c(N)nc(F)nc32)[C@@H](O)[C@@H]1O. The summed E-state index contributed by atoms with van der Waals surface area (Å²) in [5, 5.41) is 20.2. The normalized spacial score (nSPS) is 29.3. The highest BCUT2D eigenvalue weighted by atomic mass is 19.1. The van der Waals surface area contributed by atoms with Crippen molar-refractivity contribution in [3.63, 3.8) is 0 Å². The summed E-state index contributed by atoms with van der Waals surface area (Å²) in [6, 6.07) is -0.473. The molecule has 1 aliphatic carbocycles. The van der Waals surface area contributed by atoms with E-state index in [1.54, 1.807) is 0 Å². The third-order valence-corrected chi connectivity index (χ3v) is 3.93. The summed E-state index contributed by atoms with van der Waals surface area (Å²) >= 11 is 0. The van der Waals surface area contributed by atoms with E-state index in [2.05, 4.69) is 15.0 Å². The standard InChI is InChI=1S/C12H16FN5O3/c1-21-3-5-2-6(9(20)8(5)19)18-4-15-7-10(14)16-12(13)17-11(7)18/h4-6,8-9,19-20H,2-3H2,1H3,(H2,14,16,17)/t5-,6-,8-,9-/m1/s1. The second-order valence-corrected chi connectivity index (χ2v) is 5.20. The van der Waals surface area contributed by atoms with Gasteiger partial charge in [0, 0.05) is 13.0 Å². The molecular formula is C12H16FN5O3. The number of aliphatic hydroxyl groups is 2. The molecule has 0 aromatic carbocycles. The molecule has 2 aromatic heterocycles. The summed E-state index contributed by atoms with van der Waals surface area (Å²) in [4.78, 5) is 11.2. The van der Waals surface area contributed by atoms with Crippen LogP contribution < -0.4 is 5.73 Å². The molecule has 1 saturated carbocycles. The number of hydrogen-bond acceptors (Lipinski definition) is 7. The largest absolute Gasteiger partial charge is 0.390 e. The maximum Gasteiger partial charge on any atom is 0.312 e. The van der Waals surface area contributed by atoms with Gasteiger partial charge in [-0.15, -0.1) is 0 Å². The minimum absolute atomic E-state index is 0.0577. The first-order chi connectivity index (χ1) is 10.0. The van der Waals surface area contributed by atoms with Gasteiger partial charge in [0.2, 0.25) is 0 Å². The van der Waals surface area contributed by atoms with Crippen molar-refractivity contribution in [3.8, 4) is 0 Å². The summed E-state index contributed by atoms with van der Waals surface area (Å²) in [6.07, 6.45) is -1.00. The zero-order valence-electron chi connectivity index (χ0n) is 11.3. The van der Waals surface area contributed by atoms with Crippen LogP contribution in [0.5, 0.6) is 0 Å². The highest BCUT2D eigenvalue weighted by Gasteiger charge is 2.43. The van der Waals surface area contributed by atoms with Gasteiger partial charge in [0.05, 0.1) is 25.1 Å². The Morgan fingerprint density at radius 2 is 2.19 bits per heavy atom. The number of imidazole rings is 1. The van der Waals surface area contributed by atoms with Gasteiger partial charge in [0.15, 0.2) is 11.5 Å². The molecule has 0 saturated heterocycles. The van der Waals surface area contributed by atoms with Crippen LogP contribution in [0.25, 0.3) is 11.2 Å². The molecule has 4 atom stereocenters. The highest BCUT2D eigenvalue weighted by Crippen LogP contribution is 2.37. The Morgan fingerprint density at radius 1 is 1.43 bits per heavy atom. The van der Waals surface area contributed by atoms with Gasteiger partial charge in [-0.05, 0) is 6.42 Å². The van der Waals surface area contributed by atoms with E-state index < -0.39 is 24.3 Å². The quantitative estimate of drug-likeness (QED) is 0.652. The lowest BCUT2D eigenvalue weighted by Gasteiger charge is -2.18. The first kappa shape index (κ1) is 14.1. The summed E-state index contributed by atoms with van der Waals surface area (Å²) in [5.74, 6) is -0.269. The fourth-order valence-corrected chi connectivity index (χ4v) is 2.91. The lowest BCUT2D eigenvalue weighted by Crippen LogP contribution is -2.30. The average Bonchev–Trinajstić information content (AvgIpc) is 2.96. The van der Waals surface area contributed by atoms with Gasteiger partial charge in [-0.3, -0.25) is 0 Å². The molecule has 0 spiro atoms. The van der Waals surface area contributed by atoms with Gasteiger partial charge >= 0.3 is 6.08 Å². The Morgan fingerprint density at radius 3 is 2.90 bits per heavy atom. The molecule has 0 aliphatic heterocycles. The molecular weight excluding hydrogens is 281 g/mol. The maximum atomic E-state index is 13.3. The van der Waals surface area contributed by atoms with Crippen LogP contribution in [0.1, 0.15) is 12.5 Å². The number of halogens is 1. The van der Waals surface area contributed by atoms with Gasteiger partial charge in [0.1, 0.15) is 11.6 Å². The molecule has 1 fully saturated rings. The Labute approximate surface area is 119 Å². The number of anilines is 1. The predicted molar refractivity (Wildman–Crippen MR) is 70.7 cm³/mol. The van der Waals surface area contributed by atoms with Crippen LogP contribution in [-0.2, 0) is 4.74 Å². The van der Waals surface area contributed by atoms with Gasteiger partial charge < -0.3 is 25.3 Å². The maximum absolute atomic E-state index is 13.3. The van der Waals surface area contributed by atoms with Crippen LogP contribution in [0.3, 0.4) is 0 Å². The monoisotopic (exact) mass is 297 g/mol. The average molecular weight is 297 g/mol. The van der Waals surface area contributed by atoms with Crippen molar-refractivity contribution in [2.75, 3.05) is 19.5 Å². The zero-order chi connectivity index (χ0) is 15.1. The van der Waals surface area contributed by atoms with E-state index in [0.717, 1.165) is 0 Å². The number of methoxy groups -OCH3 is 1. The van der Waals surface area contributed by atoms with Crippen molar-refractivity contribution < 1.29 is 19.3 Å². The fourth-order valence-electron chi connectivity index (χ4n) is 2.91. The molecule has 21 heavy (non-hydrogen) atoms. The topological polar surface area (TPSA) is 119 Å². The summed E-state index contributed by atoms with van der Waals surface area (Å²) in [6.45, 7) is 0.326. The number of nitrogens with zero attached hydrogens (tertiary/aromatic N) is 4. The minimum atomic E-state index is -1.01. The first-order valence-electron chi connectivity index (χ1n) is 6.53. The van der Waals surface area contributed by atoms with Gasteiger partial charge in [-0.2, -0.15) is 14.4 Å². The number of aliphatic hydroxyl groups excluding tert-OH is 2. The van der Waals surface area contributed by atoms with E-state index in [-0.39, 0.29) is 22.9 Å². The number of ether oxygens (including phenoxy) is 1. The van der Waals surface area contributed by atoms with Crippen LogP contribution in [0.2, 0.25) is 0 Å². The molecule has 0 amide bonds. The van der Waals surface area contributed by atoms with Crippen LogP contribution in [0.15, 0.2) is 6.33 Å². The number of fused-ring (bicyclic) bond motifs is 1. The summed E-state index contributed by atoms with van der Waals surface area (Å²) in [5.41, 5.74) is 6.08. The second-order valence-electron chi connectivity index (χ2n) is 5.20. The van der Waals surface area contributed by atoms with Crippen LogP contribution in [0, 0.1) is 12.0 Å². The smallest absolute Gasteiger partial charge is 0.312 e. The van der Waals surface area contributed by atoms with E-state index in [9.17, 15) is 14.6 Å². The molecule has 9 heteroatoms. The van der Waals surface area contributed by atoms with Crippen molar-refractivity contribution in [3.05, 3.63) is 12.4 Å². The zero-order valence-corrected chi connectivity index (χ0v) is 11.3. The lowest BCUT2D eigenvalue weighted by molar-refractivity contribution is -0.00887. The van der Waals surface area contributed by atoms with Gasteiger partial charge in [0.25, 0.3) is 0 Å². The molecule has 0 unspecified atom stereocenters. The van der Waals surface area contributed by atoms with Crippen LogP contribution >= 0.6 is 0 Å². The van der Waals surface area contributed by atoms with E-state index in [1.807, 2.05) is 0 Å². The number of aromatic nitrogens is 4. The molecule has 0 bridgehead atoms. The molecule has 1 aliphatic rings. The minimum Gasteiger partial charge on any atom is -0.390 e. The number of rotatable bonds is 3. The van der Waals surface area contributed by atoms with Crippen LogP contribution in [0.4, 0.5) is 10.2 Å². The van der Waals surface area contributed by atoms with Crippen molar-refractivity contribution >= 4 is 17.0 Å². The Bertz CT molecular complexity index is 664. The van der Waals surface area contributed by atoms with Crippen molar-refractivity contribution in [1.29, 1.82) is 0 Å². The lowest BCUT2D eigenvalue weighted by atomic mass is 10.1. The van der Waals surface area contributed by atoms with Crippen molar-refractivity contribution in [2.24, 2.45) is 5.92 Å². The van der Waals surface area contributed by atoms with E-state index in [4.69, 9.17) is 10.5 Å².